The monoisotopic (exact) mass is 165 g/mol. The molecule has 12 heavy (non-hydrogen) atoms. The van der Waals surface area contributed by atoms with E-state index in [-0.39, 0.29) is 0 Å². The molecule has 0 radical (unpaired) electrons. The second-order valence-electron chi connectivity index (χ2n) is 2.98. The van der Waals surface area contributed by atoms with Gasteiger partial charge in [0.1, 0.15) is 5.69 Å². The zero-order valence-corrected chi connectivity index (χ0v) is 7.00. The van der Waals surface area contributed by atoms with Crippen molar-refractivity contribution < 1.29 is 4.79 Å². The topological polar surface area (TPSA) is 46.9 Å². The number of carbonyl (C=O) groups excluding carboxylic acids is 1. The summed E-state index contributed by atoms with van der Waals surface area (Å²) in [7, 11) is 1.81. The third kappa shape index (κ3) is 0.956. The molecule has 0 fully saturated rings. The molecule has 1 aromatic rings. The van der Waals surface area contributed by atoms with Gasteiger partial charge in [0.25, 0.3) is 0 Å². The molecule has 2 heterocycles. The Hall–Kier alpha value is -1.16. The number of fused-ring (bicyclic) bond motifs is 1. The zero-order chi connectivity index (χ0) is 8.55. The molecule has 1 aliphatic rings. The summed E-state index contributed by atoms with van der Waals surface area (Å²) in [4.78, 5) is 10.7. The van der Waals surface area contributed by atoms with E-state index in [1.54, 1.807) is 4.68 Å². The first-order valence-corrected chi connectivity index (χ1v) is 4.03. The van der Waals surface area contributed by atoms with Crippen molar-refractivity contribution in [2.24, 2.45) is 7.05 Å². The molecule has 0 saturated heterocycles. The van der Waals surface area contributed by atoms with E-state index in [4.69, 9.17) is 0 Å². The molecule has 0 aromatic carbocycles. The molecular formula is C8H11N3O. The zero-order valence-electron chi connectivity index (χ0n) is 7.00. The molecule has 64 valence electrons. The molecule has 0 spiro atoms. The number of nitrogens with one attached hydrogen (secondary N) is 1. The van der Waals surface area contributed by atoms with E-state index >= 15 is 0 Å². The highest BCUT2D eigenvalue weighted by Gasteiger charge is 2.17. The van der Waals surface area contributed by atoms with Crippen molar-refractivity contribution >= 4 is 6.29 Å². The summed E-state index contributed by atoms with van der Waals surface area (Å²) in [6.45, 7) is 1.74. The van der Waals surface area contributed by atoms with Gasteiger partial charge in [-0.3, -0.25) is 9.48 Å². The van der Waals surface area contributed by atoms with Crippen LogP contribution in [0, 0.1) is 0 Å². The van der Waals surface area contributed by atoms with Crippen LogP contribution >= 0.6 is 0 Å². The summed E-state index contributed by atoms with van der Waals surface area (Å²) in [5.41, 5.74) is 2.84. The van der Waals surface area contributed by atoms with Crippen LogP contribution in [0.4, 0.5) is 0 Å². The summed E-state index contributed by atoms with van der Waals surface area (Å²) < 4.78 is 1.66. The second-order valence-corrected chi connectivity index (χ2v) is 2.98. The van der Waals surface area contributed by atoms with Crippen LogP contribution < -0.4 is 5.32 Å². The number of aromatic nitrogens is 2. The number of rotatable bonds is 1. The van der Waals surface area contributed by atoms with Crippen LogP contribution in [0.25, 0.3) is 0 Å². The molecule has 2 rings (SSSR count). The minimum atomic E-state index is 0.706. The largest absolute Gasteiger partial charge is 0.312 e. The van der Waals surface area contributed by atoms with Gasteiger partial charge in [-0.25, -0.2) is 0 Å². The predicted octanol–water partition coefficient (Wildman–Crippen LogP) is -0.122. The lowest BCUT2D eigenvalue weighted by atomic mass is 10.1. The lowest BCUT2D eigenvalue weighted by molar-refractivity contribution is 0.111. The first-order valence-electron chi connectivity index (χ1n) is 4.03. The highest BCUT2D eigenvalue weighted by Crippen LogP contribution is 2.15. The van der Waals surface area contributed by atoms with Crippen LogP contribution in [-0.4, -0.2) is 22.6 Å². The van der Waals surface area contributed by atoms with Crippen molar-refractivity contribution in [3.05, 3.63) is 17.0 Å². The molecule has 0 bridgehead atoms. The van der Waals surface area contributed by atoms with Gasteiger partial charge in [0.15, 0.2) is 6.29 Å². The van der Waals surface area contributed by atoms with Gasteiger partial charge in [0.05, 0.1) is 5.69 Å². The van der Waals surface area contributed by atoms with E-state index in [1.165, 1.54) is 0 Å². The van der Waals surface area contributed by atoms with Gasteiger partial charge in [-0.05, 0) is 0 Å². The van der Waals surface area contributed by atoms with Gasteiger partial charge in [0, 0.05) is 32.1 Å². The fourth-order valence-electron chi connectivity index (χ4n) is 1.60. The average Bonchev–Trinajstić information content (AvgIpc) is 2.40. The predicted molar refractivity (Wildman–Crippen MR) is 44.0 cm³/mol. The fourth-order valence-corrected chi connectivity index (χ4v) is 1.60. The molecule has 1 aromatic heterocycles. The van der Waals surface area contributed by atoms with E-state index in [9.17, 15) is 4.79 Å². The normalized spacial score (nSPS) is 15.8. The van der Waals surface area contributed by atoms with Crippen molar-refractivity contribution in [2.75, 3.05) is 6.54 Å². The molecule has 1 N–H and O–H groups in total. The SMILES string of the molecule is Cn1nc2c(c1C=O)CNCC2. The second kappa shape index (κ2) is 2.71. The highest BCUT2D eigenvalue weighted by molar-refractivity contribution is 5.75. The summed E-state index contributed by atoms with van der Waals surface area (Å²) in [6, 6.07) is 0. The number of aryl methyl sites for hydroxylation is 1. The first-order chi connectivity index (χ1) is 5.83. The average molecular weight is 165 g/mol. The number of hydrogen-bond donors (Lipinski definition) is 1. The molecule has 0 saturated carbocycles. The Morgan fingerprint density at radius 3 is 3.25 bits per heavy atom. The van der Waals surface area contributed by atoms with Crippen molar-refractivity contribution in [1.82, 2.24) is 15.1 Å². The van der Waals surface area contributed by atoms with Gasteiger partial charge in [-0.15, -0.1) is 0 Å². The van der Waals surface area contributed by atoms with Gasteiger partial charge in [-0.1, -0.05) is 0 Å². The number of nitrogens with zero attached hydrogens (tertiary/aromatic N) is 2. The van der Waals surface area contributed by atoms with Gasteiger partial charge >= 0.3 is 0 Å². The van der Waals surface area contributed by atoms with E-state index in [1.807, 2.05) is 7.05 Å². The van der Waals surface area contributed by atoms with Crippen molar-refractivity contribution in [1.29, 1.82) is 0 Å². The molecule has 0 amide bonds. The number of hydrogen-bond acceptors (Lipinski definition) is 3. The standard InChI is InChI=1S/C8H11N3O/c1-11-8(5-12)6-4-9-3-2-7(6)10-11/h5,9H,2-4H2,1H3. The Kier molecular flexibility index (Phi) is 1.69. The minimum absolute atomic E-state index is 0.706. The Morgan fingerprint density at radius 1 is 1.67 bits per heavy atom. The van der Waals surface area contributed by atoms with E-state index in [2.05, 4.69) is 10.4 Å². The minimum Gasteiger partial charge on any atom is -0.312 e. The van der Waals surface area contributed by atoms with Crippen LogP contribution in [0.2, 0.25) is 0 Å². The lowest BCUT2D eigenvalue weighted by Gasteiger charge is -2.10. The highest BCUT2D eigenvalue weighted by atomic mass is 16.1. The Morgan fingerprint density at radius 2 is 2.50 bits per heavy atom. The van der Waals surface area contributed by atoms with Gasteiger partial charge in [0.2, 0.25) is 0 Å². The quantitative estimate of drug-likeness (QED) is 0.590. The summed E-state index contributed by atoms with van der Waals surface area (Å²) in [6.07, 6.45) is 1.80. The third-order valence-corrected chi connectivity index (χ3v) is 2.23. The van der Waals surface area contributed by atoms with Crippen molar-refractivity contribution in [2.45, 2.75) is 13.0 Å². The number of aldehydes is 1. The molecule has 4 heteroatoms. The van der Waals surface area contributed by atoms with Crippen LogP contribution in [0.15, 0.2) is 0 Å². The van der Waals surface area contributed by atoms with E-state index < -0.39 is 0 Å². The molecule has 0 atom stereocenters. The maximum absolute atomic E-state index is 10.7. The van der Waals surface area contributed by atoms with Crippen molar-refractivity contribution in [3.8, 4) is 0 Å². The van der Waals surface area contributed by atoms with E-state index in [0.717, 1.165) is 37.1 Å². The first kappa shape index (κ1) is 7.49. The lowest BCUT2D eigenvalue weighted by Crippen LogP contribution is -2.23. The molecular weight excluding hydrogens is 154 g/mol. The fraction of sp³-hybridized carbons (Fsp3) is 0.500. The summed E-state index contributed by atoms with van der Waals surface area (Å²) in [5.74, 6) is 0. The van der Waals surface area contributed by atoms with Crippen LogP contribution in [0.3, 0.4) is 0 Å². The van der Waals surface area contributed by atoms with E-state index in [0.29, 0.717) is 5.69 Å². The Bertz CT molecular complexity index is 316. The van der Waals surface area contributed by atoms with Crippen LogP contribution in [0.5, 0.6) is 0 Å². The number of carbonyl (C=O) groups is 1. The van der Waals surface area contributed by atoms with Crippen LogP contribution in [0.1, 0.15) is 21.7 Å². The molecule has 4 nitrogen and oxygen atoms in total. The maximum atomic E-state index is 10.7. The van der Waals surface area contributed by atoms with Gasteiger partial charge < -0.3 is 5.32 Å². The summed E-state index contributed by atoms with van der Waals surface area (Å²) >= 11 is 0. The molecule has 1 aliphatic heterocycles. The molecule has 0 aliphatic carbocycles. The third-order valence-electron chi connectivity index (χ3n) is 2.23. The molecule has 0 unspecified atom stereocenters. The maximum Gasteiger partial charge on any atom is 0.168 e. The smallest absolute Gasteiger partial charge is 0.168 e. The van der Waals surface area contributed by atoms with Crippen LogP contribution in [-0.2, 0) is 20.0 Å². The van der Waals surface area contributed by atoms with Gasteiger partial charge in [-0.2, -0.15) is 5.10 Å². The Labute approximate surface area is 70.6 Å². The van der Waals surface area contributed by atoms with Crippen molar-refractivity contribution in [3.63, 3.8) is 0 Å². The Balaban J connectivity index is 2.53. The summed E-state index contributed by atoms with van der Waals surface area (Å²) in [5, 5.41) is 7.48.